The van der Waals surface area contributed by atoms with Crippen LogP contribution in [-0.4, -0.2) is 17.2 Å². The van der Waals surface area contributed by atoms with Crippen molar-refractivity contribution in [2.75, 3.05) is 0 Å². The van der Waals surface area contributed by atoms with Gasteiger partial charge in [0.1, 0.15) is 23.6 Å². The highest BCUT2D eigenvalue weighted by molar-refractivity contribution is 5.89. The molecule has 4 aromatic rings. The molecule has 0 aliphatic carbocycles. The van der Waals surface area contributed by atoms with Gasteiger partial charge in [0.15, 0.2) is 5.76 Å². The maximum Gasteiger partial charge on any atom is 0.338 e. The van der Waals surface area contributed by atoms with Gasteiger partial charge in [-0.1, -0.05) is 23.4 Å². The first-order chi connectivity index (χ1) is 13.6. The quantitative estimate of drug-likeness (QED) is 0.428. The van der Waals surface area contributed by atoms with Crippen molar-refractivity contribution >= 4 is 16.9 Å². The van der Waals surface area contributed by atoms with Gasteiger partial charge in [0.05, 0.1) is 11.7 Å². The second-order valence-corrected chi connectivity index (χ2v) is 6.60. The van der Waals surface area contributed by atoms with Crippen LogP contribution in [0, 0.1) is 0 Å². The molecule has 0 N–H and O–H groups in total. The molecule has 4 rings (SSSR count). The van der Waals surface area contributed by atoms with Gasteiger partial charge in [0.25, 0.3) is 0 Å². The van der Waals surface area contributed by atoms with Crippen LogP contribution in [0.5, 0.6) is 5.75 Å². The highest BCUT2D eigenvalue weighted by Gasteiger charge is 2.14. The Balaban J connectivity index is 1.39. The third-order valence-corrected chi connectivity index (χ3v) is 4.04. The van der Waals surface area contributed by atoms with E-state index in [-0.39, 0.29) is 12.7 Å². The fraction of sp³-hybridized carbons (Fsp3) is 0.182. The molecule has 28 heavy (non-hydrogen) atoms. The van der Waals surface area contributed by atoms with Crippen molar-refractivity contribution in [1.29, 1.82) is 0 Å². The van der Waals surface area contributed by atoms with Gasteiger partial charge in [0.2, 0.25) is 5.76 Å². The van der Waals surface area contributed by atoms with E-state index < -0.39 is 5.97 Å². The van der Waals surface area contributed by atoms with Crippen LogP contribution in [0.4, 0.5) is 0 Å². The molecular formula is C22H19NO5. The van der Waals surface area contributed by atoms with Crippen LogP contribution in [0.1, 0.15) is 29.9 Å². The molecule has 142 valence electrons. The summed E-state index contributed by atoms with van der Waals surface area (Å²) in [5, 5.41) is 4.92. The van der Waals surface area contributed by atoms with E-state index in [2.05, 4.69) is 5.16 Å². The summed E-state index contributed by atoms with van der Waals surface area (Å²) in [6.07, 6.45) is 0.0749. The fourth-order valence-corrected chi connectivity index (χ4v) is 2.76. The maximum absolute atomic E-state index is 12.2. The Hall–Kier alpha value is -3.54. The number of rotatable bonds is 6. The average molecular weight is 377 g/mol. The smallest absolute Gasteiger partial charge is 0.338 e. The van der Waals surface area contributed by atoms with Crippen molar-refractivity contribution in [2.45, 2.75) is 26.6 Å². The number of nitrogens with zero attached hydrogens (tertiary/aromatic N) is 1. The number of fused-ring (bicyclic) bond motifs is 1. The molecule has 2 heterocycles. The van der Waals surface area contributed by atoms with Crippen LogP contribution in [-0.2, 0) is 11.3 Å². The Bertz CT molecular complexity index is 1060. The second-order valence-electron chi connectivity index (χ2n) is 6.60. The number of benzene rings is 2. The molecule has 0 unspecified atom stereocenters. The summed E-state index contributed by atoms with van der Waals surface area (Å²) in [4.78, 5) is 12.2. The maximum atomic E-state index is 12.2. The van der Waals surface area contributed by atoms with Crippen molar-refractivity contribution in [3.05, 3.63) is 71.9 Å². The lowest BCUT2D eigenvalue weighted by Gasteiger charge is -2.09. The molecular weight excluding hydrogens is 358 g/mol. The summed E-state index contributed by atoms with van der Waals surface area (Å²) >= 11 is 0. The lowest BCUT2D eigenvalue weighted by atomic mass is 10.2. The number of para-hydroxylation sites is 1. The first kappa shape index (κ1) is 17.9. The Morgan fingerprint density at radius 3 is 2.57 bits per heavy atom. The van der Waals surface area contributed by atoms with E-state index in [4.69, 9.17) is 18.4 Å². The number of hydrogen-bond acceptors (Lipinski definition) is 6. The van der Waals surface area contributed by atoms with Gasteiger partial charge < -0.3 is 18.4 Å². The van der Waals surface area contributed by atoms with Crippen molar-refractivity contribution in [1.82, 2.24) is 5.16 Å². The zero-order valence-electron chi connectivity index (χ0n) is 15.5. The standard InChI is InChI=1S/C22H19NO5/c1-14(2)26-18-9-7-15(8-10-18)22(24)25-13-17-12-21(28-23-17)20-11-16-5-3-4-6-19(16)27-20/h3-12,14H,13H2,1-2H3. The molecule has 0 saturated heterocycles. The summed E-state index contributed by atoms with van der Waals surface area (Å²) < 4.78 is 21.9. The average Bonchev–Trinajstić information content (AvgIpc) is 3.33. The van der Waals surface area contributed by atoms with Gasteiger partial charge in [0, 0.05) is 11.5 Å². The van der Waals surface area contributed by atoms with Crippen molar-refractivity contribution in [2.24, 2.45) is 0 Å². The third kappa shape index (κ3) is 3.91. The minimum Gasteiger partial charge on any atom is -0.491 e. The number of hydrogen-bond donors (Lipinski definition) is 0. The molecule has 0 spiro atoms. The molecule has 0 aliphatic rings. The monoisotopic (exact) mass is 377 g/mol. The van der Waals surface area contributed by atoms with E-state index in [1.54, 1.807) is 30.3 Å². The van der Waals surface area contributed by atoms with Crippen LogP contribution in [0.3, 0.4) is 0 Å². The van der Waals surface area contributed by atoms with Gasteiger partial charge in [-0.15, -0.1) is 0 Å². The lowest BCUT2D eigenvalue weighted by Crippen LogP contribution is -2.07. The highest BCUT2D eigenvalue weighted by Crippen LogP contribution is 2.28. The van der Waals surface area contributed by atoms with Crippen LogP contribution in [0.25, 0.3) is 22.5 Å². The van der Waals surface area contributed by atoms with Crippen LogP contribution in [0.15, 0.2) is 69.6 Å². The van der Waals surface area contributed by atoms with Crippen LogP contribution in [0.2, 0.25) is 0 Å². The van der Waals surface area contributed by atoms with Crippen molar-refractivity contribution in [3.63, 3.8) is 0 Å². The zero-order chi connectivity index (χ0) is 19.5. The van der Waals surface area contributed by atoms with Gasteiger partial charge in [-0.25, -0.2) is 4.79 Å². The molecule has 6 heteroatoms. The molecule has 0 fully saturated rings. The number of carbonyl (C=O) groups excluding carboxylic acids is 1. The molecule has 0 aliphatic heterocycles. The van der Waals surface area contributed by atoms with Gasteiger partial charge in [-0.2, -0.15) is 0 Å². The number of ether oxygens (including phenoxy) is 2. The largest absolute Gasteiger partial charge is 0.491 e. The molecule has 0 atom stereocenters. The van der Waals surface area contributed by atoms with E-state index in [1.165, 1.54) is 0 Å². The molecule has 0 bridgehead atoms. The highest BCUT2D eigenvalue weighted by atomic mass is 16.5. The number of carbonyl (C=O) groups is 1. The summed E-state index contributed by atoms with van der Waals surface area (Å²) in [5.41, 5.74) is 1.72. The van der Waals surface area contributed by atoms with Crippen LogP contribution >= 0.6 is 0 Å². The van der Waals surface area contributed by atoms with Gasteiger partial charge in [-0.05, 0) is 50.2 Å². The predicted octanol–water partition coefficient (Wildman–Crippen LogP) is 5.23. The minimum atomic E-state index is -0.440. The summed E-state index contributed by atoms with van der Waals surface area (Å²) in [7, 11) is 0. The molecule has 2 aromatic carbocycles. The molecule has 2 aromatic heterocycles. The van der Waals surface area contributed by atoms with E-state index >= 15 is 0 Å². The van der Waals surface area contributed by atoms with Gasteiger partial charge in [-0.3, -0.25) is 0 Å². The summed E-state index contributed by atoms with van der Waals surface area (Å²) in [6, 6.07) is 18.1. The summed E-state index contributed by atoms with van der Waals surface area (Å²) in [5.74, 6) is 1.33. The number of esters is 1. The van der Waals surface area contributed by atoms with Gasteiger partial charge >= 0.3 is 5.97 Å². The lowest BCUT2D eigenvalue weighted by molar-refractivity contribution is 0.0464. The SMILES string of the molecule is CC(C)Oc1ccc(C(=O)OCc2cc(-c3cc4ccccc4o3)on2)cc1. The Morgan fingerprint density at radius 1 is 1.04 bits per heavy atom. The van der Waals surface area contributed by atoms with E-state index in [0.717, 1.165) is 11.0 Å². The first-order valence-electron chi connectivity index (χ1n) is 8.97. The minimum absolute atomic E-state index is 0.00675. The Kier molecular flexibility index (Phi) is 4.85. The molecule has 0 amide bonds. The molecule has 6 nitrogen and oxygen atoms in total. The first-order valence-corrected chi connectivity index (χ1v) is 8.97. The zero-order valence-corrected chi connectivity index (χ0v) is 15.5. The van der Waals surface area contributed by atoms with E-state index in [1.807, 2.05) is 44.2 Å². The molecule has 0 radical (unpaired) electrons. The second kappa shape index (κ2) is 7.60. The van der Waals surface area contributed by atoms with E-state index in [9.17, 15) is 4.79 Å². The van der Waals surface area contributed by atoms with Crippen molar-refractivity contribution < 1.29 is 23.2 Å². The predicted molar refractivity (Wildman–Crippen MR) is 103 cm³/mol. The molecule has 0 saturated carbocycles. The van der Waals surface area contributed by atoms with E-state index in [0.29, 0.717) is 28.5 Å². The topological polar surface area (TPSA) is 74.7 Å². The number of aromatic nitrogens is 1. The van der Waals surface area contributed by atoms with Crippen molar-refractivity contribution in [3.8, 4) is 17.3 Å². The number of furan rings is 1. The third-order valence-electron chi connectivity index (χ3n) is 4.04. The van der Waals surface area contributed by atoms with Crippen LogP contribution < -0.4 is 4.74 Å². The fourth-order valence-electron chi connectivity index (χ4n) is 2.76. The Labute approximate surface area is 161 Å². The Morgan fingerprint density at radius 2 is 1.82 bits per heavy atom. The summed E-state index contributed by atoms with van der Waals surface area (Å²) in [6.45, 7) is 3.90. The normalized spacial score (nSPS) is 11.1.